The molecule has 0 aromatic carbocycles. The number of esters is 1. The van der Waals surface area contributed by atoms with E-state index in [0.717, 1.165) is 51.4 Å². The lowest BCUT2D eigenvalue weighted by Gasteiger charge is -2.41. The average molecular weight is 933 g/mol. The normalized spacial score (nSPS) is 19.9. The van der Waals surface area contributed by atoms with Crippen LogP contribution >= 0.6 is 0 Å². The van der Waals surface area contributed by atoms with Crippen LogP contribution in [0.2, 0.25) is 0 Å². The molecule has 0 aliphatic carbocycles. The first-order valence-electron chi connectivity index (χ1n) is 26.1. The molecule has 0 radical (unpaired) electrons. The zero-order valence-corrected chi connectivity index (χ0v) is 41.4. The van der Waals surface area contributed by atoms with E-state index in [1.54, 1.807) is 0 Å². The van der Waals surface area contributed by atoms with Gasteiger partial charge < -0.3 is 34.3 Å². The Morgan fingerprint density at radius 2 is 1.03 bits per heavy atom. The molecule has 13 heteroatoms. The Morgan fingerprint density at radius 3 is 1.48 bits per heavy atom. The van der Waals surface area contributed by atoms with Crippen molar-refractivity contribution in [3.05, 3.63) is 24.3 Å². The van der Waals surface area contributed by atoms with Gasteiger partial charge >= 0.3 is 16.4 Å². The van der Waals surface area contributed by atoms with Crippen LogP contribution < -0.4 is 0 Å². The first-order chi connectivity index (χ1) is 31.1. The van der Waals surface area contributed by atoms with Crippen LogP contribution in [0.15, 0.2) is 24.3 Å². The summed E-state index contributed by atoms with van der Waals surface area (Å²) in [6.45, 7) is 4.02. The molecule has 0 aromatic heterocycles. The van der Waals surface area contributed by atoms with Crippen molar-refractivity contribution in [1.29, 1.82) is 0 Å². The Kier molecular flexibility index (Phi) is 40.6. The maximum Gasteiger partial charge on any atom is 0.397 e. The summed E-state index contributed by atoms with van der Waals surface area (Å²) in [5, 5.41) is 30.8. The van der Waals surface area contributed by atoms with Crippen molar-refractivity contribution in [3.8, 4) is 0 Å². The van der Waals surface area contributed by atoms with E-state index in [2.05, 4.69) is 42.3 Å². The van der Waals surface area contributed by atoms with Crippen molar-refractivity contribution in [2.75, 3.05) is 26.4 Å². The summed E-state index contributed by atoms with van der Waals surface area (Å²) in [5.74, 6) is -0.399. The molecule has 1 aliphatic heterocycles. The van der Waals surface area contributed by atoms with Gasteiger partial charge in [0.1, 0.15) is 30.5 Å². The average Bonchev–Trinajstić information content (AvgIpc) is 3.27. The van der Waals surface area contributed by atoms with Crippen LogP contribution in [0.3, 0.4) is 0 Å². The van der Waals surface area contributed by atoms with Gasteiger partial charge in [-0.15, -0.1) is 0 Å². The van der Waals surface area contributed by atoms with E-state index < -0.39 is 59.8 Å². The lowest BCUT2D eigenvalue weighted by molar-refractivity contribution is -0.301. The summed E-state index contributed by atoms with van der Waals surface area (Å²) < 4.78 is 59.3. The van der Waals surface area contributed by atoms with E-state index in [9.17, 15) is 33.1 Å². The fourth-order valence-electron chi connectivity index (χ4n) is 8.12. The van der Waals surface area contributed by atoms with E-state index >= 15 is 0 Å². The van der Waals surface area contributed by atoms with Crippen LogP contribution in [0.25, 0.3) is 0 Å². The predicted octanol–water partition coefficient (Wildman–Crippen LogP) is 12.0. The molecule has 0 bridgehead atoms. The van der Waals surface area contributed by atoms with Gasteiger partial charge in [0.2, 0.25) is 0 Å². The minimum absolute atomic E-state index is 0.0389. The van der Waals surface area contributed by atoms with Gasteiger partial charge in [0.05, 0.1) is 19.8 Å². The second-order valence-electron chi connectivity index (χ2n) is 18.1. The maximum atomic E-state index is 12.9. The van der Waals surface area contributed by atoms with Crippen molar-refractivity contribution in [3.63, 3.8) is 0 Å². The standard InChI is InChI=1S/C51H96O12S/c1-3-5-7-9-11-13-15-17-19-21-22-23-24-25-26-28-30-32-34-36-38-40-47(53)61-45(44-60-51-49(55)50(63-64(56,57)58)48(54)46(42-52)62-51)43-59-41-39-37-35-33-31-29-27-20-18-16-14-12-10-8-6-4-2/h15,17,21-22,45-46,48-52,54-55H,3-14,16,18-20,23-44H2,1-2H3,(H,56,57,58)/b17-15-,22-21-. The molecule has 12 nitrogen and oxygen atoms in total. The zero-order valence-electron chi connectivity index (χ0n) is 40.6. The topological polar surface area (TPSA) is 178 Å². The largest absolute Gasteiger partial charge is 0.457 e. The Morgan fingerprint density at radius 1 is 0.594 bits per heavy atom. The molecular formula is C51H96O12S. The van der Waals surface area contributed by atoms with Gasteiger partial charge in [-0.1, -0.05) is 205 Å². The first kappa shape index (κ1) is 60.6. The summed E-state index contributed by atoms with van der Waals surface area (Å²) >= 11 is 0. The predicted molar refractivity (Wildman–Crippen MR) is 257 cm³/mol. The molecule has 1 aliphatic rings. The summed E-state index contributed by atoms with van der Waals surface area (Å²) in [5.41, 5.74) is 0. The third kappa shape index (κ3) is 35.7. The molecular weight excluding hydrogens is 837 g/mol. The first-order valence-corrected chi connectivity index (χ1v) is 27.5. The van der Waals surface area contributed by atoms with Gasteiger partial charge in [0, 0.05) is 13.0 Å². The molecule has 1 heterocycles. The number of unbranched alkanes of at least 4 members (excludes halogenated alkanes) is 29. The van der Waals surface area contributed by atoms with E-state index in [1.807, 2.05) is 0 Å². The molecule has 1 rings (SSSR count). The van der Waals surface area contributed by atoms with Crippen LogP contribution in [0.4, 0.5) is 0 Å². The Hall–Kier alpha value is -1.42. The maximum absolute atomic E-state index is 12.9. The van der Waals surface area contributed by atoms with Crippen LogP contribution in [-0.4, -0.2) is 97.5 Å². The minimum Gasteiger partial charge on any atom is -0.457 e. The highest BCUT2D eigenvalue weighted by molar-refractivity contribution is 7.80. The van der Waals surface area contributed by atoms with Crippen molar-refractivity contribution in [2.45, 2.75) is 269 Å². The van der Waals surface area contributed by atoms with Crippen LogP contribution in [0.1, 0.15) is 232 Å². The smallest absolute Gasteiger partial charge is 0.397 e. The molecule has 6 unspecified atom stereocenters. The van der Waals surface area contributed by atoms with Crippen LogP contribution in [0.5, 0.6) is 0 Å². The second-order valence-corrected chi connectivity index (χ2v) is 19.2. The van der Waals surface area contributed by atoms with Crippen molar-refractivity contribution >= 4 is 16.4 Å². The van der Waals surface area contributed by atoms with Crippen LogP contribution in [0, 0.1) is 0 Å². The van der Waals surface area contributed by atoms with Gasteiger partial charge in [0.25, 0.3) is 0 Å². The second kappa shape index (κ2) is 42.9. The highest BCUT2D eigenvalue weighted by Crippen LogP contribution is 2.26. The Bertz CT molecular complexity index is 1210. The Balaban J connectivity index is 2.35. The summed E-state index contributed by atoms with van der Waals surface area (Å²) in [4.78, 5) is 12.9. The lowest BCUT2D eigenvalue weighted by atomic mass is 9.99. The summed E-state index contributed by atoms with van der Waals surface area (Å²) in [7, 11) is -5.06. The molecule has 378 valence electrons. The molecule has 0 spiro atoms. The molecule has 0 saturated carbocycles. The minimum atomic E-state index is -5.06. The van der Waals surface area contributed by atoms with Crippen LogP contribution in [-0.2, 0) is 38.3 Å². The van der Waals surface area contributed by atoms with Gasteiger partial charge in [-0.3, -0.25) is 9.35 Å². The SMILES string of the molecule is CCCCCCC/C=C\C/C=C\CCCCCCCCCCCC(=O)OC(COCCCCCCCCCCCCCCCCCC)COC1OC(CO)C(O)C(OS(=O)(=O)O)C1O. The van der Waals surface area contributed by atoms with E-state index in [1.165, 1.54) is 154 Å². The third-order valence-corrected chi connectivity index (χ3v) is 12.5. The highest BCUT2D eigenvalue weighted by atomic mass is 32.3. The number of aliphatic hydroxyl groups is 3. The van der Waals surface area contributed by atoms with Gasteiger partial charge in [-0.25, -0.2) is 4.18 Å². The fourth-order valence-corrected chi connectivity index (χ4v) is 8.62. The Labute approximate surface area is 391 Å². The summed E-state index contributed by atoms with van der Waals surface area (Å²) in [6, 6.07) is 0. The number of aliphatic hydroxyl groups excluding tert-OH is 3. The quantitative estimate of drug-likeness (QED) is 0.0197. The number of allylic oxidation sites excluding steroid dienone is 4. The highest BCUT2D eigenvalue weighted by Gasteiger charge is 2.48. The molecule has 1 saturated heterocycles. The van der Waals surface area contributed by atoms with E-state index in [0.29, 0.717) is 13.0 Å². The van der Waals surface area contributed by atoms with E-state index in [4.69, 9.17) is 18.9 Å². The fraction of sp³-hybridized carbons (Fsp3) is 0.902. The number of hydrogen-bond acceptors (Lipinski definition) is 11. The molecule has 1 fully saturated rings. The van der Waals surface area contributed by atoms with Crippen molar-refractivity contribution in [2.24, 2.45) is 0 Å². The van der Waals surface area contributed by atoms with Crippen molar-refractivity contribution in [1.82, 2.24) is 0 Å². The van der Waals surface area contributed by atoms with Gasteiger partial charge in [-0.2, -0.15) is 8.42 Å². The molecule has 64 heavy (non-hydrogen) atoms. The molecule has 0 amide bonds. The number of rotatable bonds is 46. The summed E-state index contributed by atoms with van der Waals surface area (Å²) in [6.07, 6.45) is 40.6. The number of carbonyl (C=O) groups is 1. The molecule has 0 aromatic rings. The van der Waals surface area contributed by atoms with E-state index in [-0.39, 0.29) is 19.6 Å². The van der Waals surface area contributed by atoms with Crippen molar-refractivity contribution < 1.29 is 56.2 Å². The lowest BCUT2D eigenvalue weighted by Crippen LogP contribution is -2.60. The third-order valence-electron chi connectivity index (χ3n) is 12.1. The number of hydrogen-bond donors (Lipinski definition) is 4. The number of carbonyl (C=O) groups excluding carboxylic acids is 1. The van der Waals surface area contributed by atoms with Gasteiger partial charge in [-0.05, 0) is 44.9 Å². The zero-order chi connectivity index (χ0) is 46.8. The molecule has 6 atom stereocenters. The van der Waals surface area contributed by atoms with Gasteiger partial charge in [0.15, 0.2) is 6.29 Å². The molecule has 4 N–H and O–H groups in total. The monoisotopic (exact) mass is 933 g/mol. The number of ether oxygens (including phenoxy) is 4.